The Bertz CT molecular complexity index is 1140. The third kappa shape index (κ3) is 5.79. The van der Waals surface area contributed by atoms with Crippen LogP contribution in [0.3, 0.4) is 0 Å². The molecule has 0 radical (unpaired) electrons. The minimum atomic E-state index is -0.823. The highest BCUT2D eigenvalue weighted by molar-refractivity contribution is 6.38. The molecule has 0 saturated heterocycles. The highest BCUT2D eigenvalue weighted by atomic mass is 19.1. The number of fused-ring (bicyclic) bond motifs is 1. The number of benzene rings is 1. The van der Waals surface area contributed by atoms with Crippen LogP contribution >= 0.6 is 0 Å². The largest absolute Gasteiger partial charge is 0.338 e. The molecule has 9 heteroatoms. The first kappa shape index (κ1) is 24.0. The van der Waals surface area contributed by atoms with Gasteiger partial charge in [-0.2, -0.15) is 0 Å². The molecule has 0 unspecified atom stereocenters. The molecule has 33 heavy (non-hydrogen) atoms. The molecule has 0 spiro atoms. The molecule has 174 valence electrons. The number of aryl methyl sites for hydroxylation is 3. The first-order valence-electron chi connectivity index (χ1n) is 11.0. The molecule has 2 heterocycles. The number of amides is 2. The summed E-state index contributed by atoms with van der Waals surface area (Å²) >= 11 is 0. The van der Waals surface area contributed by atoms with E-state index in [1.165, 1.54) is 23.2 Å². The van der Waals surface area contributed by atoms with E-state index in [0.717, 1.165) is 5.56 Å². The predicted molar refractivity (Wildman–Crippen MR) is 126 cm³/mol. The van der Waals surface area contributed by atoms with Crippen molar-refractivity contribution in [3.63, 3.8) is 0 Å². The van der Waals surface area contributed by atoms with E-state index in [0.29, 0.717) is 49.9 Å². The molecule has 2 N–H and O–H groups in total. The molecular weight excluding hydrogens is 425 g/mol. The lowest BCUT2D eigenvalue weighted by Gasteiger charge is -2.22. The van der Waals surface area contributed by atoms with Gasteiger partial charge in [-0.3, -0.25) is 19.8 Å². The van der Waals surface area contributed by atoms with Gasteiger partial charge in [0.15, 0.2) is 0 Å². The Labute approximate surface area is 191 Å². The molecule has 2 amide bonds. The first-order valence-corrected chi connectivity index (χ1v) is 11.0. The fraction of sp³-hybridized carbons (Fsp3) is 0.375. The van der Waals surface area contributed by atoms with Crippen LogP contribution in [0.25, 0.3) is 0 Å². The molecular formula is C24H28FN5O3. The summed E-state index contributed by atoms with van der Waals surface area (Å²) in [6, 6.07) is 7.16. The van der Waals surface area contributed by atoms with Crippen molar-refractivity contribution < 1.29 is 14.0 Å². The zero-order valence-electron chi connectivity index (χ0n) is 18.8. The number of hydrogen-bond donors (Lipinski definition) is 2. The molecule has 0 bridgehead atoms. The van der Waals surface area contributed by atoms with E-state index >= 15 is 0 Å². The van der Waals surface area contributed by atoms with E-state index in [2.05, 4.69) is 10.3 Å². The van der Waals surface area contributed by atoms with Crippen molar-refractivity contribution in [2.24, 2.45) is 4.99 Å². The van der Waals surface area contributed by atoms with Crippen LogP contribution in [0.2, 0.25) is 0 Å². The van der Waals surface area contributed by atoms with Crippen LogP contribution in [0.5, 0.6) is 0 Å². The Hall–Kier alpha value is -3.62. The minimum Gasteiger partial charge on any atom is -0.338 e. The third-order valence-corrected chi connectivity index (χ3v) is 5.69. The zero-order chi connectivity index (χ0) is 24.0. The van der Waals surface area contributed by atoms with E-state index in [-0.39, 0.29) is 17.3 Å². The van der Waals surface area contributed by atoms with Gasteiger partial charge in [0.25, 0.3) is 11.5 Å². The summed E-state index contributed by atoms with van der Waals surface area (Å²) in [6.07, 6.45) is 5.71. The maximum Gasteiger partial charge on any atom is 0.289 e. The van der Waals surface area contributed by atoms with Crippen molar-refractivity contribution in [3.05, 3.63) is 63.8 Å². The summed E-state index contributed by atoms with van der Waals surface area (Å²) in [5.41, 5.74) is 1.81. The Morgan fingerprint density at radius 2 is 2.09 bits per heavy atom. The number of anilines is 1. The summed E-state index contributed by atoms with van der Waals surface area (Å²) < 4.78 is 15.2. The van der Waals surface area contributed by atoms with Crippen molar-refractivity contribution >= 4 is 29.6 Å². The molecule has 1 aliphatic heterocycles. The van der Waals surface area contributed by atoms with E-state index in [9.17, 15) is 18.8 Å². The van der Waals surface area contributed by atoms with Gasteiger partial charge in [0.2, 0.25) is 11.7 Å². The third-order valence-electron chi connectivity index (χ3n) is 5.69. The van der Waals surface area contributed by atoms with Crippen molar-refractivity contribution in [2.45, 2.75) is 51.6 Å². The van der Waals surface area contributed by atoms with Gasteiger partial charge in [-0.25, -0.2) is 9.38 Å². The number of aliphatic imine (C=N–C) groups is 1. The second kappa shape index (κ2) is 10.8. The normalized spacial score (nSPS) is 15.9. The van der Waals surface area contributed by atoms with Gasteiger partial charge < -0.3 is 14.8 Å². The molecule has 1 aromatic heterocycles. The summed E-state index contributed by atoms with van der Waals surface area (Å²) in [4.78, 5) is 42.7. The molecule has 1 aromatic carbocycles. The topological polar surface area (TPSA) is 108 Å². The molecule has 0 saturated carbocycles. The van der Waals surface area contributed by atoms with E-state index in [4.69, 9.17) is 5.41 Å². The summed E-state index contributed by atoms with van der Waals surface area (Å²) in [5, 5.41) is 10.5. The maximum absolute atomic E-state index is 13.6. The number of carbonyl (C=O) groups is 2. The summed E-state index contributed by atoms with van der Waals surface area (Å²) in [6.45, 7) is 2.40. The number of halogens is 1. The van der Waals surface area contributed by atoms with Crippen molar-refractivity contribution in [3.8, 4) is 0 Å². The number of amidine groups is 1. The number of hydrogen-bond acceptors (Lipinski definition) is 4. The Morgan fingerprint density at radius 3 is 2.82 bits per heavy atom. The van der Waals surface area contributed by atoms with Crippen LogP contribution in [0.15, 0.2) is 46.3 Å². The molecule has 0 aliphatic carbocycles. The lowest BCUT2D eigenvalue weighted by Crippen LogP contribution is -2.48. The number of aromatic nitrogens is 1. The van der Waals surface area contributed by atoms with Crippen molar-refractivity contribution in [2.75, 3.05) is 11.9 Å². The monoisotopic (exact) mass is 453 g/mol. The molecule has 0 fully saturated rings. The fourth-order valence-corrected chi connectivity index (χ4v) is 3.80. The van der Waals surface area contributed by atoms with Crippen LogP contribution in [-0.4, -0.2) is 41.5 Å². The van der Waals surface area contributed by atoms with Crippen LogP contribution in [0.1, 0.15) is 37.3 Å². The average Bonchev–Trinajstić information content (AvgIpc) is 2.91. The van der Waals surface area contributed by atoms with Gasteiger partial charge in [0, 0.05) is 32.1 Å². The van der Waals surface area contributed by atoms with E-state index in [1.807, 2.05) is 6.92 Å². The quantitative estimate of drug-likeness (QED) is 0.399. The van der Waals surface area contributed by atoms with Gasteiger partial charge >= 0.3 is 0 Å². The van der Waals surface area contributed by atoms with Crippen LogP contribution in [-0.2, 0) is 29.0 Å². The van der Waals surface area contributed by atoms with Crippen LogP contribution in [0.4, 0.5) is 10.1 Å². The first-order chi connectivity index (χ1) is 15.8. The van der Waals surface area contributed by atoms with Crippen molar-refractivity contribution in [1.82, 2.24) is 9.88 Å². The van der Waals surface area contributed by atoms with Gasteiger partial charge in [-0.05, 0) is 56.2 Å². The Morgan fingerprint density at radius 1 is 1.33 bits per heavy atom. The fourth-order valence-electron chi connectivity index (χ4n) is 3.80. The highest BCUT2D eigenvalue weighted by Crippen LogP contribution is 2.24. The molecule has 3 rings (SSSR count). The predicted octanol–water partition coefficient (Wildman–Crippen LogP) is 2.47. The minimum absolute atomic E-state index is 0.190. The number of nitrogens with zero attached hydrogens (tertiary/aromatic N) is 3. The lowest BCUT2D eigenvalue weighted by atomic mass is 10.1. The molecule has 8 nitrogen and oxygen atoms in total. The molecule has 2 aromatic rings. The zero-order valence-corrected chi connectivity index (χ0v) is 18.8. The summed E-state index contributed by atoms with van der Waals surface area (Å²) in [5.74, 6) is -1.84. The van der Waals surface area contributed by atoms with E-state index in [1.54, 1.807) is 36.0 Å². The average molecular weight is 454 g/mol. The number of carbonyl (C=O) groups excluding carboxylic acids is 2. The van der Waals surface area contributed by atoms with Gasteiger partial charge in [-0.1, -0.05) is 18.2 Å². The smallest absolute Gasteiger partial charge is 0.289 e. The number of rotatable bonds is 6. The number of unbranched alkanes of at least 4 members (excludes halogenated alkanes) is 1. The van der Waals surface area contributed by atoms with Crippen molar-refractivity contribution in [1.29, 1.82) is 5.41 Å². The van der Waals surface area contributed by atoms with Crippen LogP contribution in [0, 0.1) is 11.2 Å². The van der Waals surface area contributed by atoms with E-state index < -0.39 is 17.8 Å². The summed E-state index contributed by atoms with van der Waals surface area (Å²) in [7, 11) is 1.57. The van der Waals surface area contributed by atoms with Gasteiger partial charge in [0.05, 0.1) is 5.69 Å². The van der Waals surface area contributed by atoms with Gasteiger partial charge in [0.1, 0.15) is 11.9 Å². The Balaban J connectivity index is 1.55. The standard InChI is InChI=1S/C24H28FN5O3/c1-3-30-15-17-11-12-19(24(33)29(2)20(17)14-21(30)31)28-23(32)22(26)27-13-7-6-9-16-8-4-5-10-18(16)25/h4-5,8,10,13-15,19,26H,3,6-7,9,11-12H2,1-2H3,(H,28,32)/b26-22?,27-13+/t19-/m0/s1. The number of likely N-dealkylation sites (N-methyl/N-ethyl adjacent to an activating group) is 1. The second-order valence-electron chi connectivity index (χ2n) is 7.91. The molecule has 1 aliphatic rings. The number of pyridine rings is 1. The second-order valence-corrected chi connectivity index (χ2v) is 7.91. The van der Waals surface area contributed by atoms with Gasteiger partial charge in [-0.15, -0.1) is 0 Å². The highest BCUT2D eigenvalue weighted by Gasteiger charge is 2.30. The lowest BCUT2D eigenvalue weighted by molar-refractivity contribution is -0.124. The van der Waals surface area contributed by atoms with Crippen LogP contribution < -0.4 is 15.8 Å². The molecule has 1 atom stereocenters. The Kier molecular flexibility index (Phi) is 7.87. The number of nitrogens with one attached hydrogen (secondary N) is 2. The SMILES string of the molecule is CCn1cc2c(cc1=O)N(C)C(=O)[C@@H](NC(=O)C(=N)/N=C/CCCc1ccccc1F)CC2. The maximum atomic E-state index is 13.6.